The first-order valence-corrected chi connectivity index (χ1v) is 14.0. The molecule has 5 unspecified atom stereocenters. The standard InChI is InChI=1S/C29H38N4O3/c34-22-5-4-19-12-26-29(7-1-9-32(26)16-18-2-3-18)8-6-25-23(11-20(19)10-22)21(13-29)17-33(25)28(36)24-14-31-27(35)15-30-24/h4-5,10,14-15,18,21,23,25-27,31,34-35H,1-3,6-9,11-13,16-17H2/t21-,23?,25?,26?,27?,29?/m1/s1. The Morgan fingerprint density at radius 1 is 1.17 bits per heavy atom. The summed E-state index contributed by atoms with van der Waals surface area (Å²) in [6, 6.07) is 6.78. The lowest BCUT2D eigenvalue weighted by Gasteiger charge is -2.52. The van der Waals surface area contributed by atoms with Gasteiger partial charge in [-0.25, -0.2) is 4.99 Å². The van der Waals surface area contributed by atoms with Gasteiger partial charge in [0.1, 0.15) is 11.4 Å². The highest BCUT2D eigenvalue weighted by molar-refractivity contribution is 5.95. The van der Waals surface area contributed by atoms with Gasteiger partial charge in [0.05, 0.1) is 6.21 Å². The van der Waals surface area contributed by atoms with E-state index >= 15 is 0 Å². The van der Waals surface area contributed by atoms with Gasteiger partial charge in [0.25, 0.3) is 5.91 Å². The molecular formula is C29H38N4O3. The second-order valence-corrected chi connectivity index (χ2v) is 12.4. The van der Waals surface area contributed by atoms with E-state index in [1.165, 1.54) is 69.0 Å². The molecule has 7 nitrogen and oxygen atoms in total. The number of aromatic hydroxyl groups is 1. The van der Waals surface area contributed by atoms with Crippen LogP contribution in [-0.2, 0) is 17.6 Å². The number of phenolic OH excluding ortho intramolecular Hbond substituents is 1. The van der Waals surface area contributed by atoms with E-state index in [1.807, 2.05) is 12.1 Å². The van der Waals surface area contributed by atoms with Crippen LogP contribution in [0.2, 0.25) is 0 Å². The third-order valence-electron chi connectivity index (χ3n) is 10.3. The number of phenols is 1. The number of aliphatic imine (C=N–C) groups is 1. The van der Waals surface area contributed by atoms with Gasteiger partial charge in [-0.05, 0) is 111 Å². The van der Waals surface area contributed by atoms with E-state index in [4.69, 9.17) is 0 Å². The van der Waals surface area contributed by atoms with Gasteiger partial charge in [-0.15, -0.1) is 0 Å². The number of amides is 1. The number of hydrogen-bond acceptors (Lipinski definition) is 6. The van der Waals surface area contributed by atoms with Crippen LogP contribution >= 0.6 is 0 Å². The van der Waals surface area contributed by atoms with Gasteiger partial charge in [-0.3, -0.25) is 9.69 Å². The van der Waals surface area contributed by atoms with Crippen molar-refractivity contribution < 1.29 is 15.0 Å². The van der Waals surface area contributed by atoms with Gasteiger partial charge in [0, 0.05) is 31.4 Å². The molecule has 4 bridgehead atoms. The minimum Gasteiger partial charge on any atom is -0.508 e. The predicted octanol–water partition coefficient (Wildman–Crippen LogP) is 2.81. The Kier molecular flexibility index (Phi) is 5.44. The molecule has 1 spiro atoms. The number of hydrogen-bond donors (Lipinski definition) is 3. The molecule has 7 rings (SSSR count). The summed E-state index contributed by atoms with van der Waals surface area (Å²) in [4.78, 5) is 22.8. The van der Waals surface area contributed by atoms with Gasteiger partial charge >= 0.3 is 0 Å². The summed E-state index contributed by atoms with van der Waals surface area (Å²) < 4.78 is 0. The van der Waals surface area contributed by atoms with Gasteiger partial charge in [0.15, 0.2) is 6.23 Å². The number of carbonyl (C=O) groups is 1. The largest absolute Gasteiger partial charge is 0.508 e. The van der Waals surface area contributed by atoms with E-state index < -0.39 is 6.23 Å². The van der Waals surface area contributed by atoms with Gasteiger partial charge in [0.2, 0.25) is 0 Å². The van der Waals surface area contributed by atoms with Crippen molar-refractivity contribution in [3.05, 3.63) is 41.2 Å². The molecule has 2 saturated carbocycles. The number of benzene rings is 1. The number of fused-ring (bicyclic) bond motifs is 1. The zero-order valence-electron chi connectivity index (χ0n) is 21.0. The number of nitrogens with one attached hydrogen (secondary N) is 1. The number of nitrogens with zero attached hydrogens (tertiary/aromatic N) is 3. The molecule has 1 aromatic carbocycles. The molecule has 4 fully saturated rings. The van der Waals surface area contributed by atoms with Crippen molar-refractivity contribution >= 4 is 12.1 Å². The summed E-state index contributed by atoms with van der Waals surface area (Å²) in [7, 11) is 0. The molecule has 6 atom stereocenters. The number of aliphatic hydroxyl groups excluding tert-OH is 1. The maximum atomic E-state index is 13.6. The molecule has 2 saturated heterocycles. The summed E-state index contributed by atoms with van der Waals surface area (Å²) in [6.45, 7) is 3.24. The normalized spacial score (nSPS) is 37.6. The van der Waals surface area contributed by atoms with Crippen molar-refractivity contribution in [1.29, 1.82) is 0 Å². The third-order valence-corrected chi connectivity index (χ3v) is 10.3. The molecule has 3 heterocycles. The highest BCUT2D eigenvalue weighted by Gasteiger charge is 2.55. The molecule has 6 aliphatic rings. The molecule has 3 aliphatic heterocycles. The molecule has 3 N–H and O–H groups in total. The average molecular weight is 491 g/mol. The lowest BCUT2D eigenvalue weighted by molar-refractivity contribution is -0.129. The first-order valence-electron chi connectivity index (χ1n) is 14.0. The van der Waals surface area contributed by atoms with Gasteiger partial charge in [-0.1, -0.05) is 6.07 Å². The van der Waals surface area contributed by atoms with Crippen LogP contribution in [0.15, 0.2) is 35.1 Å². The highest BCUT2D eigenvalue weighted by Crippen LogP contribution is 2.55. The number of aliphatic hydroxyl groups is 1. The molecule has 1 aromatic rings. The zero-order chi connectivity index (χ0) is 24.4. The number of carbonyl (C=O) groups excluding carboxylic acids is 1. The Hall–Kier alpha value is -2.38. The quantitative estimate of drug-likeness (QED) is 0.607. The molecule has 0 aromatic heterocycles. The molecule has 1 amide bonds. The molecule has 192 valence electrons. The molecule has 7 heteroatoms. The van der Waals surface area contributed by atoms with Gasteiger partial charge in [-0.2, -0.15) is 0 Å². The lowest BCUT2D eigenvalue weighted by atomic mass is 9.64. The monoisotopic (exact) mass is 490 g/mol. The van der Waals surface area contributed by atoms with E-state index in [9.17, 15) is 15.0 Å². The van der Waals surface area contributed by atoms with Crippen LogP contribution < -0.4 is 5.32 Å². The maximum absolute atomic E-state index is 13.6. The average Bonchev–Trinajstić information content (AvgIpc) is 3.63. The van der Waals surface area contributed by atoms with E-state index in [0.717, 1.165) is 31.7 Å². The summed E-state index contributed by atoms with van der Waals surface area (Å²) in [5, 5.41) is 22.9. The Bertz CT molecular complexity index is 1110. The summed E-state index contributed by atoms with van der Waals surface area (Å²) in [5.41, 5.74) is 3.37. The lowest BCUT2D eigenvalue weighted by Crippen LogP contribution is -2.55. The Labute approximate surface area is 213 Å². The Morgan fingerprint density at radius 3 is 2.86 bits per heavy atom. The third kappa shape index (κ3) is 3.86. The van der Waals surface area contributed by atoms with Crippen LogP contribution in [0.4, 0.5) is 0 Å². The summed E-state index contributed by atoms with van der Waals surface area (Å²) in [5.74, 6) is 2.07. The van der Waals surface area contributed by atoms with Crippen molar-refractivity contribution in [3.8, 4) is 5.75 Å². The second kappa shape index (κ2) is 8.59. The number of likely N-dealkylation sites (tertiary alicyclic amines) is 2. The second-order valence-electron chi connectivity index (χ2n) is 12.4. The van der Waals surface area contributed by atoms with Crippen LogP contribution in [0.3, 0.4) is 0 Å². The van der Waals surface area contributed by atoms with Crippen molar-refractivity contribution in [2.75, 3.05) is 19.6 Å². The van der Waals surface area contributed by atoms with E-state index in [1.54, 1.807) is 6.20 Å². The molecule has 0 radical (unpaired) electrons. The molecule has 3 aliphatic carbocycles. The van der Waals surface area contributed by atoms with Crippen LogP contribution in [0.1, 0.15) is 56.1 Å². The first-order chi connectivity index (χ1) is 17.5. The van der Waals surface area contributed by atoms with Crippen LogP contribution in [0, 0.1) is 23.2 Å². The zero-order valence-corrected chi connectivity index (χ0v) is 21.0. The summed E-state index contributed by atoms with van der Waals surface area (Å²) in [6.07, 6.45) is 12.9. The topological polar surface area (TPSA) is 88.4 Å². The van der Waals surface area contributed by atoms with Crippen molar-refractivity contribution in [2.24, 2.45) is 28.2 Å². The Balaban J connectivity index is 1.26. The maximum Gasteiger partial charge on any atom is 0.274 e. The fourth-order valence-electron chi connectivity index (χ4n) is 8.44. The van der Waals surface area contributed by atoms with Gasteiger partial charge < -0.3 is 20.4 Å². The Morgan fingerprint density at radius 2 is 2.06 bits per heavy atom. The van der Waals surface area contributed by atoms with Crippen LogP contribution in [-0.4, -0.2) is 70.1 Å². The van der Waals surface area contributed by atoms with E-state index in [-0.39, 0.29) is 11.9 Å². The molecule has 36 heavy (non-hydrogen) atoms. The van der Waals surface area contributed by atoms with Crippen molar-refractivity contribution in [2.45, 2.75) is 76.1 Å². The van der Waals surface area contributed by atoms with Crippen LogP contribution in [0.25, 0.3) is 0 Å². The van der Waals surface area contributed by atoms with E-state index in [0.29, 0.717) is 34.7 Å². The van der Waals surface area contributed by atoms with Crippen LogP contribution in [0.5, 0.6) is 5.75 Å². The SMILES string of the molecule is O=C(C1=CNC(O)C=N1)N1C[C@H]2CC34CCCN(CC5CC5)C3Cc3ccc(O)cc3CC2C1CC4. The minimum absolute atomic E-state index is 0.0251. The fourth-order valence-corrected chi connectivity index (χ4v) is 8.44. The summed E-state index contributed by atoms with van der Waals surface area (Å²) >= 11 is 0. The predicted molar refractivity (Wildman–Crippen MR) is 137 cm³/mol. The fraction of sp³-hybridized carbons (Fsp3) is 0.655. The first kappa shape index (κ1) is 22.8. The van der Waals surface area contributed by atoms with Crippen molar-refractivity contribution in [1.82, 2.24) is 15.1 Å². The molecular weight excluding hydrogens is 452 g/mol. The van der Waals surface area contributed by atoms with Crippen molar-refractivity contribution in [3.63, 3.8) is 0 Å². The number of piperidine rings is 1. The number of rotatable bonds is 3. The van der Waals surface area contributed by atoms with E-state index in [2.05, 4.69) is 26.2 Å². The highest BCUT2D eigenvalue weighted by atomic mass is 16.3. The smallest absolute Gasteiger partial charge is 0.274 e. The minimum atomic E-state index is -0.834.